The molecule has 0 atom stereocenters. The number of benzene rings is 2. The van der Waals surface area contributed by atoms with Gasteiger partial charge >= 0.3 is 6.16 Å². The van der Waals surface area contributed by atoms with E-state index in [-0.39, 0.29) is 17.3 Å². The molecule has 0 bridgehead atoms. The first kappa shape index (κ1) is 24.4. The fraction of sp³-hybridized carbons (Fsp3) is 0.464. The largest absolute Gasteiger partial charge is 0.506 e. The fourth-order valence-corrected chi connectivity index (χ4v) is 5.65. The van der Waals surface area contributed by atoms with E-state index in [9.17, 15) is 9.18 Å². The number of hydrogen-bond acceptors (Lipinski definition) is 6. The summed E-state index contributed by atoms with van der Waals surface area (Å²) in [6.45, 7) is 1.97. The zero-order valence-electron chi connectivity index (χ0n) is 20.4. The van der Waals surface area contributed by atoms with Gasteiger partial charge in [0, 0.05) is 31.6 Å². The first-order valence-corrected chi connectivity index (χ1v) is 12.8. The first-order chi connectivity index (χ1) is 17.5. The maximum atomic E-state index is 13.5. The van der Waals surface area contributed by atoms with E-state index in [0.717, 1.165) is 49.8 Å². The van der Waals surface area contributed by atoms with Gasteiger partial charge in [-0.25, -0.2) is 9.18 Å². The highest BCUT2D eigenvalue weighted by molar-refractivity contribution is 5.57. The van der Waals surface area contributed by atoms with Crippen LogP contribution < -0.4 is 0 Å². The molecule has 7 nitrogen and oxygen atoms in total. The van der Waals surface area contributed by atoms with E-state index in [0.29, 0.717) is 24.8 Å². The molecule has 0 unspecified atom stereocenters. The summed E-state index contributed by atoms with van der Waals surface area (Å²) in [5.41, 5.74) is 3.40. The lowest BCUT2D eigenvalue weighted by Crippen LogP contribution is -2.52. The predicted molar refractivity (Wildman–Crippen MR) is 132 cm³/mol. The lowest BCUT2D eigenvalue weighted by atomic mass is 9.67. The van der Waals surface area contributed by atoms with E-state index < -0.39 is 6.16 Å². The van der Waals surface area contributed by atoms with Crippen molar-refractivity contribution in [2.75, 3.05) is 13.1 Å². The molecule has 1 aliphatic heterocycles. The Hall–Kier alpha value is -3.26. The Balaban J connectivity index is 1.14. The summed E-state index contributed by atoms with van der Waals surface area (Å²) in [4.78, 5) is 17.3. The second kappa shape index (κ2) is 10.8. The maximum Gasteiger partial charge on any atom is 0.506 e. The number of carbonyl (C=O) groups is 1. The highest BCUT2D eigenvalue weighted by atomic mass is 19.1. The molecular weight excluding hydrogens is 461 g/mol. The predicted octanol–water partition coefficient (Wildman–Crippen LogP) is 5.98. The number of aryl methyl sites for hydroxylation is 1. The first-order valence-electron chi connectivity index (χ1n) is 12.8. The smallest absolute Gasteiger partial charge is 0.450 e. The molecule has 5 rings (SSSR count). The Morgan fingerprint density at radius 3 is 2.50 bits per heavy atom. The van der Waals surface area contributed by atoms with Gasteiger partial charge in [-0.2, -0.15) is 4.98 Å². The van der Waals surface area contributed by atoms with Crippen molar-refractivity contribution in [1.82, 2.24) is 15.0 Å². The summed E-state index contributed by atoms with van der Waals surface area (Å²) >= 11 is 0. The van der Waals surface area contributed by atoms with E-state index in [4.69, 9.17) is 14.4 Å². The van der Waals surface area contributed by atoms with Crippen LogP contribution in [0.25, 0.3) is 11.4 Å². The lowest BCUT2D eigenvalue weighted by Gasteiger charge is -2.38. The average Bonchev–Trinajstić information content (AvgIpc) is 3.33. The molecule has 8 heteroatoms. The Kier molecular flexibility index (Phi) is 7.32. The Morgan fingerprint density at radius 1 is 1.08 bits per heavy atom. The number of nitrogens with zero attached hydrogens (tertiary/aromatic N) is 3. The molecular formula is C28H32FN3O4. The van der Waals surface area contributed by atoms with Crippen molar-refractivity contribution < 1.29 is 23.6 Å². The van der Waals surface area contributed by atoms with Gasteiger partial charge in [-0.1, -0.05) is 60.8 Å². The van der Waals surface area contributed by atoms with E-state index in [2.05, 4.69) is 15.0 Å². The van der Waals surface area contributed by atoms with Gasteiger partial charge in [0.05, 0.1) is 0 Å². The molecule has 1 aliphatic carbocycles. The van der Waals surface area contributed by atoms with Crippen LogP contribution in [0.2, 0.25) is 0 Å². The van der Waals surface area contributed by atoms with Crippen LogP contribution in [0.1, 0.15) is 62.0 Å². The molecule has 36 heavy (non-hydrogen) atoms. The maximum absolute atomic E-state index is 13.5. The van der Waals surface area contributed by atoms with Crippen molar-refractivity contribution >= 4 is 6.16 Å². The number of carboxylic acid groups (broad SMARTS) is 1. The minimum Gasteiger partial charge on any atom is -0.450 e. The van der Waals surface area contributed by atoms with Crippen molar-refractivity contribution in [3.63, 3.8) is 0 Å². The second-order valence-corrected chi connectivity index (χ2v) is 10.1. The van der Waals surface area contributed by atoms with Gasteiger partial charge in [-0.05, 0) is 54.4 Å². The monoisotopic (exact) mass is 493 g/mol. The van der Waals surface area contributed by atoms with Gasteiger partial charge in [-0.15, -0.1) is 0 Å². The summed E-state index contributed by atoms with van der Waals surface area (Å²) in [5.74, 6) is 1.04. The summed E-state index contributed by atoms with van der Waals surface area (Å²) < 4.78 is 23.8. The molecule has 1 aromatic heterocycles. The Morgan fingerprint density at radius 2 is 1.81 bits per heavy atom. The SMILES string of the molecule is O=C(O)OC1CN(Cc2ccc(-c3noc(CCCC4(c5ccc(F)cc5)CCCCC4)n3)cc2)C1. The van der Waals surface area contributed by atoms with Gasteiger partial charge in [0.1, 0.15) is 11.9 Å². The summed E-state index contributed by atoms with van der Waals surface area (Å²) in [6.07, 6.45) is 7.23. The molecule has 1 saturated carbocycles. The number of hydrogen-bond donors (Lipinski definition) is 1. The van der Waals surface area contributed by atoms with E-state index in [1.807, 2.05) is 36.4 Å². The van der Waals surface area contributed by atoms with E-state index in [1.54, 1.807) is 12.1 Å². The van der Waals surface area contributed by atoms with Crippen LogP contribution in [-0.4, -0.2) is 45.5 Å². The molecule has 2 aromatic carbocycles. The highest BCUT2D eigenvalue weighted by Crippen LogP contribution is 2.43. The third-order valence-electron chi connectivity index (χ3n) is 7.59. The van der Waals surface area contributed by atoms with Gasteiger partial charge in [0.2, 0.25) is 11.7 Å². The van der Waals surface area contributed by atoms with Crippen molar-refractivity contribution in [3.8, 4) is 11.4 Å². The third kappa shape index (κ3) is 5.75. The molecule has 1 N–H and O–H groups in total. The molecule has 190 valence electrons. The molecule has 1 saturated heterocycles. The molecule has 0 radical (unpaired) electrons. The summed E-state index contributed by atoms with van der Waals surface area (Å²) in [5, 5.41) is 12.9. The van der Waals surface area contributed by atoms with Crippen molar-refractivity contribution in [1.29, 1.82) is 0 Å². The van der Waals surface area contributed by atoms with Crippen LogP contribution in [0.3, 0.4) is 0 Å². The minimum absolute atomic E-state index is 0.112. The fourth-order valence-electron chi connectivity index (χ4n) is 5.65. The minimum atomic E-state index is -1.22. The van der Waals surface area contributed by atoms with E-state index >= 15 is 0 Å². The molecule has 0 amide bonds. The lowest BCUT2D eigenvalue weighted by molar-refractivity contribution is -0.0363. The zero-order valence-corrected chi connectivity index (χ0v) is 20.4. The summed E-state index contributed by atoms with van der Waals surface area (Å²) in [7, 11) is 0. The van der Waals surface area contributed by atoms with Crippen molar-refractivity contribution in [2.24, 2.45) is 0 Å². The number of likely N-dealkylation sites (tertiary alicyclic amines) is 1. The van der Waals surface area contributed by atoms with E-state index in [1.165, 1.54) is 24.8 Å². The van der Waals surface area contributed by atoms with Crippen molar-refractivity contribution in [3.05, 3.63) is 71.4 Å². The van der Waals surface area contributed by atoms with Crippen molar-refractivity contribution in [2.45, 2.75) is 69.4 Å². The molecule has 2 aliphatic rings. The van der Waals surface area contributed by atoms with Gasteiger partial charge in [-0.3, -0.25) is 4.90 Å². The van der Waals surface area contributed by atoms with Crippen LogP contribution in [0, 0.1) is 5.82 Å². The summed E-state index contributed by atoms with van der Waals surface area (Å²) in [6, 6.07) is 15.1. The topological polar surface area (TPSA) is 88.7 Å². The Labute approximate surface area is 210 Å². The quantitative estimate of drug-likeness (QED) is 0.367. The van der Waals surface area contributed by atoms with Crippen LogP contribution in [0.15, 0.2) is 53.1 Å². The van der Waals surface area contributed by atoms with Crippen LogP contribution in [0.4, 0.5) is 9.18 Å². The third-order valence-corrected chi connectivity index (χ3v) is 7.59. The second-order valence-electron chi connectivity index (χ2n) is 10.1. The highest BCUT2D eigenvalue weighted by Gasteiger charge is 2.33. The van der Waals surface area contributed by atoms with Crippen LogP contribution in [0.5, 0.6) is 0 Å². The number of ether oxygens (including phenoxy) is 1. The van der Waals surface area contributed by atoms with Gasteiger partial charge in [0.15, 0.2) is 0 Å². The molecule has 2 fully saturated rings. The molecule has 0 spiro atoms. The van der Waals surface area contributed by atoms with Gasteiger partial charge in [0.25, 0.3) is 0 Å². The number of halogens is 1. The zero-order chi connectivity index (χ0) is 25.0. The standard InChI is InChI=1S/C28H32FN3O4/c29-23-12-10-22(11-13-23)28(14-2-1-3-15-28)16-4-5-25-30-26(31-36-25)21-8-6-20(7-9-21)17-32-18-24(19-32)35-27(33)34/h6-13,24H,1-5,14-19H2,(H,33,34). The van der Waals surface area contributed by atoms with Crippen LogP contribution >= 0.6 is 0 Å². The van der Waals surface area contributed by atoms with Gasteiger partial charge < -0.3 is 14.4 Å². The molecule has 3 aromatic rings. The Bertz CT molecular complexity index is 1150. The van der Waals surface area contributed by atoms with Crippen LogP contribution in [-0.2, 0) is 23.1 Å². The normalized spacial score (nSPS) is 18.0. The number of aromatic nitrogens is 2. The number of rotatable bonds is 9. The average molecular weight is 494 g/mol. The molecule has 2 heterocycles.